The number of rotatable bonds is 7. The van der Waals surface area contributed by atoms with Crippen molar-refractivity contribution in [3.05, 3.63) is 89.7 Å². The van der Waals surface area contributed by atoms with E-state index in [1.807, 2.05) is 30.3 Å². The highest BCUT2D eigenvalue weighted by molar-refractivity contribution is 5.95. The van der Waals surface area contributed by atoms with E-state index in [9.17, 15) is 9.59 Å². The predicted molar refractivity (Wildman–Crippen MR) is 108 cm³/mol. The number of esters is 1. The lowest BCUT2D eigenvalue weighted by Gasteiger charge is -2.09. The molecule has 0 aliphatic rings. The number of hydrogen-bond acceptors (Lipinski definition) is 5. The summed E-state index contributed by atoms with van der Waals surface area (Å²) in [6, 6.07) is 18.3. The number of carbonyl (C=O) groups excluding carboxylic acids is 2. The summed E-state index contributed by atoms with van der Waals surface area (Å²) in [6.07, 6.45) is 3.16. The Hall–Kier alpha value is -3.67. The molecule has 0 atom stereocenters. The lowest BCUT2D eigenvalue weighted by molar-refractivity contribution is 0.0526. The van der Waals surface area contributed by atoms with Crippen LogP contribution in [0.3, 0.4) is 0 Å². The normalized spacial score (nSPS) is 10.2. The Morgan fingerprint density at radius 1 is 0.929 bits per heavy atom. The first-order chi connectivity index (χ1) is 13.7. The number of anilines is 2. The number of hydrogen-bond donors (Lipinski definition) is 2. The number of benzene rings is 2. The molecule has 0 bridgehead atoms. The maximum absolute atomic E-state index is 12.4. The van der Waals surface area contributed by atoms with Crippen LogP contribution >= 0.6 is 0 Å². The number of nitrogens with zero attached hydrogens (tertiary/aromatic N) is 1. The Bertz CT molecular complexity index is 941. The Kier molecular flexibility index (Phi) is 6.36. The van der Waals surface area contributed by atoms with Gasteiger partial charge < -0.3 is 15.4 Å². The summed E-state index contributed by atoms with van der Waals surface area (Å²) < 4.78 is 4.97. The van der Waals surface area contributed by atoms with Gasteiger partial charge >= 0.3 is 5.97 Å². The summed E-state index contributed by atoms with van der Waals surface area (Å²) in [7, 11) is 0. The molecular formula is C22H21N3O3. The van der Waals surface area contributed by atoms with Crippen molar-refractivity contribution in [1.82, 2.24) is 10.3 Å². The van der Waals surface area contributed by atoms with Gasteiger partial charge in [0.15, 0.2) is 0 Å². The second-order valence-corrected chi connectivity index (χ2v) is 6.05. The van der Waals surface area contributed by atoms with Gasteiger partial charge in [0, 0.05) is 18.4 Å². The van der Waals surface area contributed by atoms with Crippen LogP contribution < -0.4 is 10.6 Å². The summed E-state index contributed by atoms with van der Waals surface area (Å²) in [5.74, 6) is -0.550. The zero-order valence-electron chi connectivity index (χ0n) is 15.5. The van der Waals surface area contributed by atoms with E-state index in [1.54, 1.807) is 43.5 Å². The lowest BCUT2D eigenvalue weighted by Crippen LogP contribution is -2.22. The van der Waals surface area contributed by atoms with Crippen molar-refractivity contribution in [2.45, 2.75) is 13.5 Å². The molecule has 1 aromatic heterocycles. The van der Waals surface area contributed by atoms with Gasteiger partial charge in [-0.2, -0.15) is 0 Å². The van der Waals surface area contributed by atoms with Gasteiger partial charge in [0.2, 0.25) is 0 Å². The van der Waals surface area contributed by atoms with Crippen molar-refractivity contribution in [3.63, 3.8) is 0 Å². The van der Waals surface area contributed by atoms with Crippen LogP contribution in [0.25, 0.3) is 0 Å². The van der Waals surface area contributed by atoms with E-state index < -0.39 is 0 Å². The Balaban J connectivity index is 1.62. The molecule has 2 aromatic carbocycles. The maximum Gasteiger partial charge on any atom is 0.338 e. The summed E-state index contributed by atoms with van der Waals surface area (Å²) in [4.78, 5) is 28.2. The topological polar surface area (TPSA) is 80.3 Å². The Morgan fingerprint density at radius 2 is 1.68 bits per heavy atom. The number of aromatic nitrogens is 1. The fraction of sp³-hybridized carbons (Fsp3) is 0.136. The molecule has 0 saturated carbocycles. The lowest BCUT2D eigenvalue weighted by atomic mass is 10.2. The highest BCUT2D eigenvalue weighted by atomic mass is 16.5. The smallest absolute Gasteiger partial charge is 0.338 e. The third-order valence-electron chi connectivity index (χ3n) is 3.98. The molecule has 142 valence electrons. The monoisotopic (exact) mass is 375 g/mol. The minimum atomic E-state index is -0.354. The molecule has 1 heterocycles. The fourth-order valence-corrected chi connectivity index (χ4v) is 2.58. The van der Waals surface area contributed by atoms with Crippen molar-refractivity contribution in [2.24, 2.45) is 0 Å². The minimum Gasteiger partial charge on any atom is -0.462 e. The molecule has 0 aliphatic carbocycles. The van der Waals surface area contributed by atoms with Crippen LogP contribution in [0.5, 0.6) is 0 Å². The van der Waals surface area contributed by atoms with E-state index in [0.717, 1.165) is 11.3 Å². The van der Waals surface area contributed by atoms with Crippen LogP contribution in [0.1, 0.15) is 33.2 Å². The Labute approximate surface area is 163 Å². The first kappa shape index (κ1) is 19.1. The number of ether oxygens (including phenoxy) is 1. The number of pyridine rings is 1. The van der Waals surface area contributed by atoms with Crippen LogP contribution in [-0.2, 0) is 11.3 Å². The maximum atomic E-state index is 12.4. The molecule has 2 N–H and O–H groups in total. The number of carbonyl (C=O) groups is 2. The zero-order valence-corrected chi connectivity index (χ0v) is 15.5. The van der Waals surface area contributed by atoms with Crippen LogP contribution in [0.4, 0.5) is 11.4 Å². The summed E-state index contributed by atoms with van der Waals surface area (Å²) in [5.41, 5.74) is 3.43. The second kappa shape index (κ2) is 9.32. The van der Waals surface area contributed by atoms with Crippen molar-refractivity contribution < 1.29 is 14.3 Å². The van der Waals surface area contributed by atoms with Crippen LogP contribution in [0, 0.1) is 0 Å². The van der Waals surface area contributed by atoms with Gasteiger partial charge in [0.25, 0.3) is 5.91 Å². The molecule has 6 nitrogen and oxygen atoms in total. The van der Waals surface area contributed by atoms with Gasteiger partial charge in [-0.05, 0) is 42.8 Å². The minimum absolute atomic E-state index is 0.197. The van der Waals surface area contributed by atoms with E-state index in [1.165, 1.54) is 6.20 Å². The largest absolute Gasteiger partial charge is 0.462 e. The van der Waals surface area contributed by atoms with E-state index >= 15 is 0 Å². The van der Waals surface area contributed by atoms with Crippen LogP contribution in [-0.4, -0.2) is 23.5 Å². The van der Waals surface area contributed by atoms with E-state index in [0.29, 0.717) is 30.0 Å². The first-order valence-corrected chi connectivity index (χ1v) is 8.97. The summed E-state index contributed by atoms with van der Waals surface area (Å²) in [5, 5.41) is 6.06. The van der Waals surface area contributed by atoms with Crippen LogP contribution in [0.15, 0.2) is 73.1 Å². The third kappa shape index (κ3) is 5.17. The number of amides is 1. The van der Waals surface area contributed by atoms with E-state index in [2.05, 4.69) is 15.6 Å². The summed E-state index contributed by atoms with van der Waals surface area (Å²) >= 11 is 0. The molecule has 3 aromatic rings. The number of nitrogens with one attached hydrogen (secondary N) is 2. The second-order valence-electron chi connectivity index (χ2n) is 6.05. The molecule has 0 fully saturated rings. The molecule has 6 heteroatoms. The zero-order chi connectivity index (χ0) is 19.8. The average Bonchev–Trinajstić information content (AvgIpc) is 2.73. The van der Waals surface area contributed by atoms with Gasteiger partial charge in [-0.3, -0.25) is 9.78 Å². The predicted octanol–water partition coefficient (Wildman–Crippen LogP) is 3.93. The van der Waals surface area contributed by atoms with E-state index in [-0.39, 0.29) is 11.9 Å². The van der Waals surface area contributed by atoms with Gasteiger partial charge in [0.05, 0.1) is 29.6 Å². The third-order valence-corrected chi connectivity index (χ3v) is 3.98. The standard InChI is InChI=1S/C22H21N3O3/c1-2-28-22(27)17-8-10-19(11-9-17)25-20-12-18(14-23-15-20)21(26)24-13-16-6-4-3-5-7-16/h3-12,14-15,25H,2,13H2,1H3,(H,24,26). The van der Waals surface area contributed by atoms with Crippen LogP contribution in [0.2, 0.25) is 0 Å². The molecule has 0 unspecified atom stereocenters. The molecule has 1 amide bonds. The fourth-order valence-electron chi connectivity index (χ4n) is 2.58. The highest BCUT2D eigenvalue weighted by Crippen LogP contribution is 2.18. The molecule has 0 aliphatic heterocycles. The molecular weight excluding hydrogens is 354 g/mol. The van der Waals surface area contributed by atoms with Crippen molar-refractivity contribution in [1.29, 1.82) is 0 Å². The molecule has 0 radical (unpaired) electrons. The van der Waals surface area contributed by atoms with Crippen molar-refractivity contribution >= 4 is 23.3 Å². The van der Waals surface area contributed by atoms with Gasteiger partial charge in [-0.15, -0.1) is 0 Å². The first-order valence-electron chi connectivity index (χ1n) is 8.97. The summed E-state index contributed by atoms with van der Waals surface area (Å²) in [6.45, 7) is 2.56. The van der Waals surface area contributed by atoms with Crippen molar-refractivity contribution in [3.8, 4) is 0 Å². The average molecular weight is 375 g/mol. The molecule has 28 heavy (non-hydrogen) atoms. The van der Waals surface area contributed by atoms with Gasteiger partial charge in [-0.25, -0.2) is 4.79 Å². The highest BCUT2D eigenvalue weighted by Gasteiger charge is 2.08. The van der Waals surface area contributed by atoms with Gasteiger partial charge in [0.1, 0.15) is 0 Å². The van der Waals surface area contributed by atoms with Gasteiger partial charge in [-0.1, -0.05) is 30.3 Å². The SMILES string of the molecule is CCOC(=O)c1ccc(Nc2cncc(C(=O)NCc3ccccc3)c2)cc1. The molecule has 0 saturated heterocycles. The quantitative estimate of drug-likeness (QED) is 0.612. The van der Waals surface area contributed by atoms with Crippen molar-refractivity contribution in [2.75, 3.05) is 11.9 Å². The van der Waals surface area contributed by atoms with E-state index in [4.69, 9.17) is 4.74 Å². The molecule has 0 spiro atoms. The molecule has 3 rings (SSSR count). The Morgan fingerprint density at radius 3 is 2.39 bits per heavy atom.